The quantitative estimate of drug-likeness (QED) is 0.613. The summed E-state index contributed by atoms with van der Waals surface area (Å²) in [6.07, 6.45) is 3.65. The zero-order valence-corrected chi connectivity index (χ0v) is 20.1. The van der Waals surface area contributed by atoms with E-state index in [1.165, 1.54) is 22.5 Å². The average Bonchev–Trinajstić information content (AvgIpc) is 3.63. The van der Waals surface area contributed by atoms with Gasteiger partial charge in [0.2, 0.25) is 15.9 Å². The molecule has 2 aliphatic rings. The predicted molar refractivity (Wildman–Crippen MR) is 128 cm³/mol. The van der Waals surface area contributed by atoms with Gasteiger partial charge in [-0.3, -0.25) is 9.59 Å². The maximum Gasteiger partial charge on any atom is 0.251 e. The third kappa shape index (κ3) is 5.75. The van der Waals surface area contributed by atoms with E-state index in [1.807, 2.05) is 31.2 Å². The Hall–Kier alpha value is -2.42. The van der Waals surface area contributed by atoms with Gasteiger partial charge in [0.05, 0.1) is 5.02 Å². The molecule has 2 N–H and O–H groups in total. The third-order valence-corrected chi connectivity index (χ3v) is 8.37. The number of nitrogens with zero attached hydrogens (tertiary/aromatic N) is 1. The van der Waals surface area contributed by atoms with Crippen LogP contribution in [-0.4, -0.2) is 37.6 Å². The number of sulfonamides is 1. The standard InChI is InChI=1S/C24H28ClN3O4S/c1-16-4-3-11-28(15-16)33(31,32)22-13-19(9-10-21(22)25)23(29)26-14-17-5-2-6-20(12-17)27-24(30)18-7-8-18/h2,5-6,9-10,12-13,16,18H,3-4,7-8,11,14-15H2,1H3,(H,26,29)(H,27,30). The molecule has 2 aromatic carbocycles. The van der Waals surface area contributed by atoms with Gasteiger partial charge in [-0.15, -0.1) is 0 Å². The van der Waals surface area contributed by atoms with E-state index in [1.54, 1.807) is 0 Å². The zero-order valence-electron chi connectivity index (χ0n) is 18.5. The van der Waals surface area contributed by atoms with Crippen molar-refractivity contribution in [1.82, 2.24) is 9.62 Å². The van der Waals surface area contributed by atoms with E-state index in [4.69, 9.17) is 11.6 Å². The van der Waals surface area contributed by atoms with Crippen molar-refractivity contribution in [3.8, 4) is 0 Å². The summed E-state index contributed by atoms with van der Waals surface area (Å²) in [4.78, 5) is 24.7. The Bertz CT molecular complexity index is 1160. The first-order valence-corrected chi connectivity index (χ1v) is 13.0. The fourth-order valence-electron chi connectivity index (χ4n) is 3.98. The van der Waals surface area contributed by atoms with Crippen LogP contribution in [0.1, 0.15) is 48.5 Å². The van der Waals surface area contributed by atoms with Gasteiger partial charge >= 0.3 is 0 Å². The van der Waals surface area contributed by atoms with Crippen LogP contribution in [0.3, 0.4) is 0 Å². The summed E-state index contributed by atoms with van der Waals surface area (Å²) in [5, 5.41) is 5.80. The van der Waals surface area contributed by atoms with Crippen molar-refractivity contribution in [3.05, 3.63) is 58.6 Å². The van der Waals surface area contributed by atoms with Crippen molar-refractivity contribution in [1.29, 1.82) is 0 Å². The van der Waals surface area contributed by atoms with Crippen molar-refractivity contribution in [2.75, 3.05) is 18.4 Å². The first-order valence-electron chi connectivity index (χ1n) is 11.2. The van der Waals surface area contributed by atoms with E-state index in [0.29, 0.717) is 18.8 Å². The fraction of sp³-hybridized carbons (Fsp3) is 0.417. The molecule has 33 heavy (non-hydrogen) atoms. The smallest absolute Gasteiger partial charge is 0.251 e. The van der Waals surface area contributed by atoms with Crippen LogP contribution in [0, 0.1) is 11.8 Å². The number of piperidine rings is 1. The molecule has 1 heterocycles. The summed E-state index contributed by atoms with van der Waals surface area (Å²) in [5.41, 5.74) is 1.73. The molecule has 1 saturated carbocycles. The van der Waals surface area contributed by atoms with E-state index in [9.17, 15) is 18.0 Å². The molecule has 1 saturated heterocycles. The van der Waals surface area contributed by atoms with Gasteiger partial charge in [-0.1, -0.05) is 30.7 Å². The Balaban J connectivity index is 1.44. The number of halogens is 1. The number of carbonyl (C=O) groups excluding carboxylic acids is 2. The van der Waals surface area contributed by atoms with E-state index in [0.717, 1.165) is 31.2 Å². The highest BCUT2D eigenvalue weighted by Gasteiger charge is 2.31. The van der Waals surface area contributed by atoms with Gasteiger partial charge < -0.3 is 10.6 Å². The Morgan fingerprint density at radius 1 is 1.12 bits per heavy atom. The molecular formula is C24H28ClN3O4S. The Morgan fingerprint density at radius 3 is 2.64 bits per heavy atom. The predicted octanol–water partition coefficient (Wildman–Crippen LogP) is 4.04. The first kappa shape index (κ1) is 23.7. The highest BCUT2D eigenvalue weighted by Crippen LogP contribution is 2.31. The van der Waals surface area contributed by atoms with E-state index in [2.05, 4.69) is 10.6 Å². The monoisotopic (exact) mass is 489 g/mol. The molecule has 9 heteroatoms. The molecule has 0 aromatic heterocycles. The van der Waals surface area contributed by atoms with Gasteiger partial charge in [0.25, 0.3) is 5.91 Å². The number of carbonyl (C=O) groups is 2. The lowest BCUT2D eigenvalue weighted by Gasteiger charge is -2.30. The second-order valence-corrected chi connectivity index (χ2v) is 11.2. The Labute approximate surface area is 199 Å². The fourth-order valence-corrected chi connectivity index (χ4v) is 6.08. The largest absolute Gasteiger partial charge is 0.348 e. The van der Waals surface area contributed by atoms with Gasteiger partial charge in [0, 0.05) is 36.8 Å². The Kier molecular flexibility index (Phi) is 7.07. The molecule has 0 radical (unpaired) electrons. The summed E-state index contributed by atoms with van der Waals surface area (Å²) < 4.78 is 27.8. The molecule has 2 amide bonds. The minimum Gasteiger partial charge on any atom is -0.348 e. The maximum absolute atomic E-state index is 13.2. The summed E-state index contributed by atoms with van der Waals surface area (Å²) in [7, 11) is -3.79. The van der Waals surface area contributed by atoms with Crippen LogP contribution in [-0.2, 0) is 21.4 Å². The Morgan fingerprint density at radius 2 is 1.91 bits per heavy atom. The highest BCUT2D eigenvalue weighted by atomic mass is 35.5. The van der Waals surface area contributed by atoms with Crippen molar-refractivity contribution < 1.29 is 18.0 Å². The number of benzene rings is 2. The normalized spacial score (nSPS) is 19.2. The zero-order chi connectivity index (χ0) is 23.6. The van der Waals surface area contributed by atoms with Crippen LogP contribution in [0.15, 0.2) is 47.4 Å². The average molecular weight is 490 g/mol. The molecular weight excluding hydrogens is 462 g/mol. The summed E-state index contributed by atoms with van der Waals surface area (Å²) in [5.74, 6) is 0.0113. The van der Waals surface area contributed by atoms with Gasteiger partial charge in [0.1, 0.15) is 4.90 Å². The lowest BCUT2D eigenvalue weighted by atomic mass is 10.0. The number of anilines is 1. The lowest BCUT2D eigenvalue weighted by molar-refractivity contribution is -0.117. The molecule has 2 fully saturated rings. The first-order chi connectivity index (χ1) is 15.7. The SMILES string of the molecule is CC1CCCN(S(=O)(=O)c2cc(C(=O)NCc3cccc(NC(=O)C4CC4)c3)ccc2Cl)C1. The number of hydrogen-bond acceptors (Lipinski definition) is 4. The van der Waals surface area contributed by atoms with E-state index in [-0.39, 0.29) is 39.8 Å². The van der Waals surface area contributed by atoms with Crippen LogP contribution >= 0.6 is 11.6 Å². The molecule has 0 spiro atoms. The second kappa shape index (κ2) is 9.83. The van der Waals surface area contributed by atoms with E-state index >= 15 is 0 Å². The van der Waals surface area contributed by atoms with Crippen LogP contribution in [0.25, 0.3) is 0 Å². The third-order valence-electron chi connectivity index (χ3n) is 6.03. The van der Waals surface area contributed by atoms with Crippen LogP contribution in [0.2, 0.25) is 5.02 Å². The summed E-state index contributed by atoms with van der Waals surface area (Å²) >= 11 is 6.23. The van der Waals surface area contributed by atoms with Crippen molar-refractivity contribution in [2.24, 2.45) is 11.8 Å². The van der Waals surface area contributed by atoms with Crippen molar-refractivity contribution in [2.45, 2.75) is 44.0 Å². The minimum atomic E-state index is -3.79. The van der Waals surface area contributed by atoms with Gasteiger partial charge in [-0.25, -0.2) is 8.42 Å². The molecule has 1 unspecified atom stereocenters. The van der Waals surface area contributed by atoms with Crippen molar-refractivity contribution >= 4 is 39.1 Å². The lowest BCUT2D eigenvalue weighted by Crippen LogP contribution is -2.39. The minimum absolute atomic E-state index is 0.0224. The number of rotatable bonds is 7. The molecule has 7 nitrogen and oxygen atoms in total. The molecule has 1 aliphatic carbocycles. The van der Waals surface area contributed by atoms with Crippen LogP contribution in [0.5, 0.6) is 0 Å². The highest BCUT2D eigenvalue weighted by molar-refractivity contribution is 7.89. The molecule has 1 aliphatic heterocycles. The van der Waals surface area contributed by atoms with Gasteiger partial charge in [-0.05, 0) is 67.5 Å². The molecule has 176 valence electrons. The summed E-state index contributed by atoms with van der Waals surface area (Å²) in [6.45, 7) is 3.16. The number of nitrogens with one attached hydrogen (secondary N) is 2. The number of amides is 2. The summed E-state index contributed by atoms with van der Waals surface area (Å²) in [6, 6.07) is 11.6. The van der Waals surface area contributed by atoms with E-state index < -0.39 is 15.9 Å². The van der Waals surface area contributed by atoms with Gasteiger partial charge in [0.15, 0.2) is 0 Å². The van der Waals surface area contributed by atoms with Gasteiger partial charge in [-0.2, -0.15) is 4.31 Å². The van der Waals surface area contributed by atoms with Crippen LogP contribution in [0.4, 0.5) is 5.69 Å². The maximum atomic E-state index is 13.2. The molecule has 2 aromatic rings. The molecule has 0 bridgehead atoms. The van der Waals surface area contributed by atoms with Crippen LogP contribution < -0.4 is 10.6 Å². The number of hydrogen-bond donors (Lipinski definition) is 2. The molecule has 1 atom stereocenters. The second-order valence-electron chi connectivity index (χ2n) is 8.90. The van der Waals surface area contributed by atoms with Crippen molar-refractivity contribution in [3.63, 3.8) is 0 Å². The molecule has 4 rings (SSSR count). The topological polar surface area (TPSA) is 95.6 Å².